The molecule has 4 nitrogen and oxygen atoms in total. The highest BCUT2D eigenvalue weighted by Crippen LogP contribution is 2.25. The van der Waals surface area contributed by atoms with Gasteiger partial charge in [0.2, 0.25) is 0 Å². The topological polar surface area (TPSA) is 57.0 Å². The molecule has 5 heteroatoms. The van der Waals surface area contributed by atoms with E-state index in [1.807, 2.05) is 6.07 Å². The molecular weight excluding hydrogens is 214 g/mol. The molecule has 1 aliphatic heterocycles. The summed E-state index contributed by atoms with van der Waals surface area (Å²) in [7, 11) is 0. The van der Waals surface area contributed by atoms with E-state index in [1.165, 1.54) is 0 Å². The summed E-state index contributed by atoms with van der Waals surface area (Å²) in [6.07, 6.45) is 0.523. The summed E-state index contributed by atoms with van der Waals surface area (Å²) in [5.41, 5.74) is 0.314. The number of carbonyl (C=O) groups is 1. The van der Waals surface area contributed by atoms with Gasteiger partial charge in [-0.05, 0) is 12.1 Å². The van der Waals surface area contributed by atoms with Crippen LogP contribution in [0, 0.1) is 11.3 Å². The predicted octanol–water partition coefficient (Wildman–Crippen LogP) is 1.39. The van der Waals surface area contributed by atoms with Crippen molar-refractivity contribution in [3.63, 3.8) is 0 Å². The molecule has 0 aromatic carbocycles. The molecule has 0 aliphatic carbocycles. The number of nitrogens with zero attached hydrogens (tertiary/aromatic N) is 3. The predicted molar refractivity (Wildman–Crippen MR) is 55.8 cm³/mol. The summed E-state index contributed by atoms with van der Waals surface area (Å²) in [6.45, 7) is 0.960. The minimum Gasteiger partial charge on any atom is -0.348 e. The molecule has 1 aliphatic rings. The van der Waals surface area contributed by atoms with E-state index in [0.717, 1.165) is 0 Å². The Labute approximate surface area is 92.1 Å². The average Bonchev–Trinajstić information content (AvgIpc) is 2.65. The third-order valence-electron chi connectivity index (χ3n) is 2.27. The van der Waals surface area contributed by atoms with Gasteiger partial charge in [0.05, 0.1) is 11.6 Å². The average molecular weight is 222 g/mol. The summed E-state index contributed by atoms with van der Waals surface area (Å²) < 4.78 is 0. The number of halogens is 1. The molecule has 1 saturated heterocycles. The first-order valence-corrected chi connectivity index (χ1v) is 4.92. The first-order chi connectivity index (χ1) is 7.20. The largest absolute Gasteiger partial charge is 0.348 e. The van der Waals surface area contributed by atoms with Crippen molar-refractivity contribution in [3.05, 3.63) is 22.8 Å². The highest BCUT2D eigenvalue weighted by atomic mass is 35.5. The van der Waals surface area contributed by atoms with Crippen LogP contribution >= 0.6 is 11.6 Å². The first kappa shape index (κ1) is 9.94. The van der Waals surface area contributed by atoms with Crippen LogP contribution in [-0.2, 0) is 4.79 Å². The van der Waals surface area contributed by atoms with Crippen LogP contribution < -0.4 is 4.90 Å². The lowest BCUT2D eigenvalue weighted by Crippen LogP contribution is -2.21. The fourth-order valence-electron chi connectivity index (χ4n) is 1.53. The van der Waals surface area contributed by atoms with E-state index in [9.17, 15) is 4.79 Å². The molecule has 1 aromatic heterocycles. The van der Waals surface area contributed by atoms with Crippen LogP contribution in [0.1, 0.15) is 12.1 Å². The van der Waals surface area contributed by atoms with Crippen molar-refractivity contribution in [1.29, 1.82) is 5.26 Å². The molecule has 0 amide bonds. The maximum absolute atomic E-state index is 11.1. The monoisotopic (exact) mass is 221 g/mol. The Morgan fingerprint density at radius 3 is 2.93 bits per heavy atom. The van der Waals surface area contributed by atoms with E-state index in [2.05, 4.69) is 4.98 Å². The maximum Gasteiger partial charge on any atom is 0.153 e. The lowest BCUT2D eigenvalue weighted by atomic mass is 10.3. The summed E-state index contributed by atoms with van der Waals surface area (Å²) >= 11 is 5.96. The van der Waals surface area contributed by atoms with Crippen LogP contribution in [0.2, 0.25) is 5.02 Å². The third kappa shape index (κ3) is 1.92. The molecule has 0 N–H and O–H groups in total. The van der Waals surface area contributed by atoms with E-state index >= 15 is 0 Å². The smallest absolute Gasteiger partial charge is 0.153 e. The molecule has 0 radical (unpaired) electrons. The van der Waals surface area contributed by atoms with Gasteiger partial charge < -0.3 is 4.90 Å². The molecule has 0 spiro atoms. The lowest BCUT2D eigenvalue weighted by Gasteiger charge is -2.16. The van der Waals surface area contributed by atoms with Gasteiger partial charge in [0.1, 0.15) is 17.6 Å². The van der Waals surface area contributed by atoms with Crippen molar-refractivity contribution in [2.24, 2.45) is 0 Å². The number of hydrogen-bond donors (Lipinski definition) is 0. The molecule has 2 heterocycles. The van der Waals surface area contributed by atoms with Gasteiger partial charge in [-0.1, -0.05) is 11.6 Å². The van der Waals surface area contributed by atoms with Crippen LogP contribution in [0.25, 0.3) is 0 Å². The van der Waals surface area contributed by atoms with Gasteiger partial charge in [-0.3, -0.25) is 4.79 Å². The van der Waals surface area contributed by atoms with Crippen LogP contribution in [0.4, 0.5) is 5.82 Å². The molecule has 0 atom stereocenters. The van der Waals surface area contributed by atoms with Gasteiger partial charge in [0.25, 0.3) is 0 Å². The molecule has 0 saturated carbocycles. The van der Waals surface area contributed by atoms with Gasteiger partial charge in [0, 0.05) is 13.0 Å². The number of ketones is 1. The second kappa shape index (κ2) is 3.87. The van der Waals surface area contributed by atoms with Crippen LogP contribution in [-0.4, -0.2) is 23.9 Å². The van der Waals surface area contributed by atoms with Crippen molar-refractivity contribution in [3.8, 4) is 6.07 Å². The summed E-state index contributed by atoms with van der Waals surface area (Å²) in [5, 5.41) is 9.18. The number of rotatable bonds is 1. The maximum atomic E-state index is 11.1. The zero-order valence-corrected chi connectivity index (χ0v) is 8.66. The third-order valence-corrected chi connectivity index (χ3v) is 2.56. The number of Topliss-reactive ketones (excluding diaryl/α,β-unsaturated/α-hetero) is 1. The van der Waals surface area contributed by atoms with Crippen LogP contribution in [0.15, 0.2) is 12.1 Å². The molecule has 15 heavy (non-hydrogen) atoms. The van der Waals surface area contributed by atoms with Crippen LogP contribution in [0.5, 0.6) is 0 Å². The molecule has 76 valence electrons. The Morgan fingerprint density at radius 2 is 2.33 bits per heavy atom. The van der Waals surface area contributed by atoms with Gasteiger partial charge in [0.15, 0.2) is 5.78 Å². The Balaban J connectivity index is 2.35. The lowest BCUT2D eigenvalue weighted by molar-refractivity contribution is -0.116. The van der Waals surface area contributed by atoms with Gasteiger partial charge in [-0.15, -0.1) is 0 Å². The summed E-state index contributed by atoms with van der Waals surface area (Å²) in [6, 6.07) is 5.14. The zero-order chi connectivity index (χ0) is 10.8. The van der Waals surface area contributed by atoms with E-state index in [4.69, 9.17) is 16.9 Å². The zero-order valence-electron chi connectivity index (χ0n) is 7.90. The fraction of sp³-hybridized carbons (Fsp3) is 0.300. The minimum absolute atomic E-state index is 0.176. The molecule has 1 aromatic rings. The van der Waals surface area contributed by atoms with Gasteiger partial charge >= 0.3 is 0 Å². The van der Waals surface area contributed by atoms with E-state index in [1.54, 1.807) is 17.0 Å². The second-order valence-electron chi connectivity index (χ2n) is 3.32. The Hall–Kier alpha value is -1.60. The van der Waals surface area contributed by atoms with Crippen molar-refractivity contribution < 1.29 is 4.79 Å². The number of nitriles is 1. The number of hydrogen-bond acceptors (Lipinski definition) is 4. The Morgan fingerprint density at radius 1 is 1.53 bits per heavy atom. The molecule has 2 rings (SSSR count). The normalized spacial score (nSPS) is 15.5. The summed E-state index contributed by atoms with van der Waals surface area (Å²) in [5.74, 6) is 0.705. The van der Waals surface area contributed by atoms with Gasteiger partial charge in [-0.25, -0.2) is 4.98 Å². The van der Waals surface area contributed by atoms with Crippen molar-refractivity contribution in [2.45, 2.75) is 6.42 Å². The van der Waals surface area contributed by atoms with Crippen molar-refractivity contribution in [1.82, 2.24) is 4.98 Å². The fourth-order valence-corrected chi connectivity index (χ4v) is 1.75. The van der Waals surface area contributed by atoms with E-state index in [0.29, 0.717) is 36.0 Å². The Kier molecular flexibility index (Phi) is 2.57. The second-order valence-corrected chi connectivity index (χ2v) is 3.73. The number of pyridine rings is 1. The molecule has 1 fully saturated rings. The van der Waals surface area contributed by atoms with E-state index in [-0.39, 0.29) is 5.78 Å². The summed E-state index contributed by atoms with van der Waals surface area (Å²) in [4.78, 5) is 17.0. The highest BCUT2D eigenvalue weighted by Gasteiger charge is 2.22. The molecule has 0 bridgehead atoms. The quantitative estimate of drug-likeness (QED) is 0.719. The van der Waals surface area contributed by atoms with E-state index < -0.39 is 0 Å². The van der Waals surface area contributed by atoms with Crippen molar-refractivity contribution in [2.75, 3.05) is 18.0 Å². The minimum atomic E-state index is 0.176. The number of carbonyl (C=O) groups excluding carboxylic acids is 1. The SMILES string of the molecule is N#Cc1ccc(Cl)c(N2CCC(=O)C2)n1. The first-order valence-electron chi connectivity index (χ1n) is 4.54. The van der Waals surface area contributed by atoms with Crippen LogP contribution in [0.3, 0.4) is 0 Å². The molecular formula is C10H8ClN3O. The van der Waals surface area contributed by atoms with Crippen molar-refractivity contribution >= 4 is 23.2 Å². The Bertz CT molecular complexity index is 452. The standard InChI is InChI=1S/C10H8ClN3O/c11-9-2-1-7(5-12)13-10(9)14-4-3-8(15)6-14/h1-2H,3-4,6H2. The highest BCUT2D eigenvalue weighted by molar-refractivity contribution is 6.33. The van der Waals surface area contributed by atoms with Gasteiger partial charge in [-0.2, -0.15) is 5.26 Å². The molecule has 0 unspecified atom stereocenters. The number of aromatic nitrogens is 1. The number of anilines is 1.